The molecule has 0 bridgehead atoms. The zero-order valence-electron chi connectivity index (χ0n) is 15.2. The Bertz CT molecular complexity index is 785. The van der Waals surface area contributed by atoms with Crippen molar-refractivity contribution in [3.05, 3.63) is 58.4 Å². The average molecular weight is 351 g/mol. The Labute approximate surface area is 154 Å². The van der Waals surface area contributed by atoms with Crippen LogP contribution in [0.5, 0.6) is 0 Å². The van der Waals surface area contributed by atoms with Crippen molar-refractivity contribution < 1.29 is 14.3 Å². The molecule has 1 heterocycles. The van der Waals surface area contributed by atoms with E-state index >= 15 is 0 Å². The Hall–Kier alpha value is -2.36. The van der Waals surface area contributed by atoms with E-state index < -0.39 is 0 Å². The number of allylic oxidation sites excluding steroid dienone is 3. The zero-order valence-corrected chi connectivity index (χ0v) is 15.2. The summed E-state index contributed by atoms with van der Waals surface area (Å²) in [5.74, 6) is -0.457. The zero-order chi connectivity index (χ0) is 18.1. The Balaban J connectivity index is 1.75. The second-order valence-corrected chi connectivity index (χ2v) is 7.49. The van der Waals surface area contributed by atoms with E-state index in [4.69, 9.17) is 4.74 Å². The molecule has 4 nitrogen and oxygen atoms in total. The lowest BCUT2D eigenvalue weighted by atomic mass is 9.75. The minimum atomic E-state index is -0.325. The summed E-state index contributed by atoms with van der Waals surface area (Å²) >= 11 is 0. The minimum Gasteiger partial charge on any atom is -0.459 e. The van der Waals surface area contributed by atoms with Gasteiger partial charge in [-0.15, -0.1) is 0 Å². The molecule has 0 amide bonds. The number of esters is 1. The smallest absolute Gasteiger partial charge is 0.337 e. The Morgan fingerprint density at radius 1 is 1.08 bits per heavy atom. The third-order valence-corrected chi connectivity index (χ3v) is 5.70. The summed E-state index contributed by atoms with van der Waals surface area (Å²) in [4.78, 5) is 25.8. The number of dihydropyridines is 1. The van der Waals surface area contributed by atoms with Crippen LogP contribution in [0.25, 0.3) is 0 Å². The number of hydrogen-bond acceptors (Lipinski definition) is 4. The molecule has 1 atom stereocenters. The average Bonchev–Trinajstić information content (AvgIpc) is 3.14. The predicted molar refractivity (Wildman–Crippen MR) is 99.3 cm³/mol. The minimum absolute atomic E-state index is 0.0108. The summed E-state index contributed by atoms with van der Waals surface area (Å²) in [7, 11) is 0. The van der Waals surface area contributed by atoms with Gasteiger partial charge in [-0.05, 0) is 51.0 Å². The van der Waals surface area contributed by atoms with Gasteiger partial charge in [-0.2, -0.15) is 0 Å². The van der Waals surface area contributed by atoms with Crippen molar-refractivity contribution in [3.63, 3.8) is 0 Å². The maximum Gasteiger partial charge on any atom is 0.337 e. The van der Waals surface area contributed by atoms with Crippen molar-refractivity contribution in [2.75, 3.05) is 0 Å². The second kappa shape index (κ2) is 7.10. The van der Waals surface area contributed by atoms with Crippen LogP contribution in [0.2, 0.25) is 0 Å². The van der Waals surface area contributed by atoms with E-state index in [9.17, 15) is 9.59 Å². The normalized spacial score (nSPS) is 23.7. The standard InChI is InChI=1S/C22H25NO3/c1-14-19(22(25)26-16-10-5-6-11-16)20(15-8-3-2-4-9-15)21-17(23-14)12-7-13-18(21)24/h2-4,8-9,16,20,23H,5-7,10-13H2,1H3/t20-/m1/s1. The second-order valence-electron chi connectivity index (χ2n) is 7.49. The number of carbonyl (C=O) groups is 2. The van der Waals surface area contributed by atoms with Crippen LogP contribution in [0.1, 0.15) is 63.4 Å². The van der Waals surface area contributed by atoms with E-state index in [2.05, 4.69) is 5.32 Å². The van der Waals surface area contributed by atoms with Crippen LogP contribution >= 0.6 is 0 Å². The first-order valence-corrected chi connectivity index (χ1v) is 9.65. The van der Waals surface area contributed by atoms with Crippen LogP contribution in [0, 0.1) is 0 Å². The fourth-order valence-corrected chi connectivity index (χ4v) is 4.45. The van der Waals surface area contributed by atoms with E-state index in [1.54, 1.807) is 0 Å². The van der Waals surface area contributed by atoms with Crippen molar-refractivity contribution in [1.82, 2.24) is 5.32 Å². The monoisotopic (exact) mass is 351 g/mol. The van der Waals surface area contributed by atoms with Gasteiger partial charge in [-0.1, -0.05) is 30.3 Å². The highest BCUT2D eigenvalue weighted by molar-refractivity contribution is 6.03. The van der Waals surface area contributed by atoms with Gasteiger partial charge in [0.15, 0.2) is 5.78 Å². The highest BCUT2D eigenvalue weighted by Gasteiger charge is 2.39. The maximum atomic E-state index is 13.1. The highest BCUT2D eigenvalue weighted by Crippen LogP contribution is 2.42. The number of rotatable bonds is 3. The summed E-state index contributed by atoms with van der Waals surface area (Å²) in [6.45, 7) is 1.92. The summed E-state index contributed by atoms with van der Waals surface area (Å²) in [6, 6.07) is 9.87. The lowest BCUT2D eigenvalue weighted by Gasteiger charge is -2.34. The third-order valence-electron chi connectivity index (χ3n) is 5.70. The van der Waals surface area contributed by atoms with Crippen LogP contribution in [0.3, 0.4) is 0 Å². The lowest BCUT2D eigenvalue weighted by Crippen LogP contribution is -2.35. The molecule has 1 saturated carbocycles. The molecule has 0 saturated heterocycles. The van der Waals surface area contributed by atoms with Gasteiger partial charge in [0.1, 0.15) is 6.10 Å². The van der Waals surface area contributed by atoms with Crippen LogP contribution < -0.4 is 5.32 Å². The van der Waals surface area contributed by atoms with Gasteiger partial charge in [0.05, 0.1) is 5.57 Å². The Morgan fingerprint density at radius 3 is 2.54 bits per heavy atom. The molecule has 1 fully saturated rings. The molecule has 1 N–H and O–H groups in total. The molecular weight excluding hydrogens is 326 g/mol. The van der Waals surface area contributed by atoms with E-state index in [1.807, 2.05) is 37.3 Å². The quantitative estimate of drug-likeness (QED) is 0.832. The molecule has 0 radical (unpaired) electrons. The predicted octanol–water partition coefficient (Wildman–Crippen LogP) is 4.14. The first-order valence-electron chi connectivity index (χ1n) is 9.65. The largest absolute Gasteiger partial charge is 0.459 e. The van der Waals surface area contributed by atoms with Crippen LogP contribution in [0.15, 0.2) is 52.9 Å². The first kappa shape index (κ1) is 17.1. The van der Waals surface area contributed by atoms with Crippen LogP contribution in [-0.2, 0) is 14.3 Å². The highest BCUT2D eigenvalue weighted by atomic mass is 16.5. The molecular formula is C22H25NO3. The molecule has 1 aromatic rings. The topological polar surface area (TPSA) is 55.4 Å². The molecule has 4 rings (SSSR count). The Morgan fingerprint density at radius 2 is 1.81 bits per heavy atom. The molecule has 4 heteroatoms. The van der Waals surface area contributed by atoms with Gasteiger partial charge in [0, 0.05) is 29.3 Å². The van der Waals surface area contributed by atoms with Crippen molar-refractivity contribution in [1.29, 1.82) is 0 Å². The van der Waals surface area contributed by atoms with E-state index in [0.717, 1.165) is 61.1 Å². The number of Topliss-reactive ketones (excluding diaryl/α,β-unsaturated/α-hetero) is 1. The van der Waals surface area contributed by atoms with Gasteiger partial charge in [-0.3, -0.25) is 4.79 Å². The maximum absolute atomic E-state index is 13.1. The number of ether oxygens (including phenoxy) is 1. The van der Waals surface area contributed by atoms with E-state index in [0.29, 0.717) is 12.0 Å². The van der Waals surface area contributed by atoms with Crippen molar-refractivity contribution in [2.45, 2.75) is 63.9 Å². The van der Waals surface area contributed by atoms with Crippen molar-refractivity contribution >= 4 is 11.8 Å². The molecule has 0 unspecified atom stereocenters. The molecule has 1 aromatic carbocycles. The van der Waals surface area contributed by atoms with E-state index in [-0.39, 0.29) is 23.8 Å². The van der Waals surface area contributed by atoms with Gasteiger partial charge >= 0.3 is 5.97 Å². The SMILES string of the molecule is CC1=C(C(=O)OC2CCCC2)[C@@H](c2ccccc2)C2=C(CCCC2=O)N1. The van der Waals surface area contributed by atoms with Crippen molar-refractivity contribution in [2.24, 2.45) is 0 Å². The number of benzene rings is 1. The number of hydrogen-bond donors (Lipinski definition) is 1. The van der Waals surface area contributed by atoms with Crippen LogP contribution in [-0.4, -0.2) is 17.9 Å². The summed E-state index contributed by atoms with van der Waals surface area (Å²) in [5.41, 5.74) is 4.12. The molecule has 2 aliphatic carbocycles. The third kappa shape index (κ3) is 3.09. The van der Waals surface area contributed by atoms with Gasteiger partial charge < -0.3 is 10.1 Å². The summed E-state index contributed by atoms with van der Waals surface area (Å²) in [6.07, 6.45) is 6.38. The fourth-order valence-electron chi connectivity index (χ4n) is 4.45. The molecule has 0 aromatic heterocycles. The number of ketones is 1. The first-order chi connectivity index (χ1) is 12.6. The Kier molecular flexibility index (Phi) is 4.66. The molecule has 0 spiro atoms. The summed E-state index contributed by atoms with van der Waals surface area (Å²) in [5, 5.41) is 3.34. The molecule has 26 heavy (non-hydrogen) atoms. The van der Waals surface area contributed by atoms with Crippen molar-refractivity contribution in [3.8, 4) is 0 Å². The molecule has 3 aliphatic rings. The number of nitrogens with one attached hydrogen (secondary N) is 1. The number of carbonyl (C=O) groups excluding carboxylic acids is 2. The van der Waals surface area contributed by atoms with E-state index in [1.165, 1.54) is 0 Å². The lowest BCUT2D eigenvalue weighted by molar-refractivity contribution is -0.144. The van der Waals surface area contributed by atoms with Crippen LogP contribution in [0.4, 0.5) is 0 Å². The van der Waals surface area contributed by atoms with Gasteiger partial charge in [0.25, 0.3) is 0 Å². The van der Waals surface area contributed by atoms with Gasteiger partial charge in [0.2, 0.25) is 0 Å². The van der Waals surface area contributed by atoms with Gasteiger partial charge in [-0.25, -0.2) is 4.79 Å². The molecule has 1 aliphatic heterocycles. The molecule has 136 valence electrons. The summed E-state index contributed by atoms with van der Waals surface area (Å²) < 4.78 is 5.82. The fraction of sp³-hybridized carbons (Fsp3) is 0.455.